The molecule has 0 unspecified atom stereocenters. The largest absolute Gasteiger partial charge is 0.312 e. The van der Waals surface area contributed by atoms with Crippen LogP contribution in [0, 0.1) is 5.41 Å². The molecule has 4 heteroatoms. The van der Waals surface area contributed by atoms with Gasteiger partial charge in [-0.15, -0.1) is 11.3 Å². The maximum atomic E-state index is 6.05. The van der Waals surface area contributed by atoms with Crippen molar-refractivity contribution in [1.29, 1.82) is 0 Å². The van der Waals surface area contributed by atoms with Crippen LogP contribution >= 0.6 is 34.5 Å². The molecule has 3 rings (SSSR count). The third-order valence-electron chi connectivity index (χ3n) is 4.52. The summed E-state index contributed by atoms with van der Waals surface area (Å²) in [6, 6.07) is 8.28. The van der Waals surface area contributed by atoms with Gasteiger partial charge in [0.15, 0.2) is 0 Å². The van der Waals surface area contributed by atoms with Gasteiger partial charge < -0.3 is 5.32 Å². The van der Waals surface area contributed by atoms with Crippen molar-refractivity contribution in [2.45, 2.75) is 46.1 Å². The van der Waals surface area contributed by atoms with E-state index in [9.17, 15) is 0 Å². The fourth-order valence-electron chi connectivity index (χ4n) is 3.17. The third-order valence-corrected chi connectivity index (χ3v) is 6.50. The molecule has 0 saturated carbocycles. The molecule has 2 aromatic rings. The van der Waals surface area contributed by atoms with Crippen molar-refractivity contribution in [3.8, 4) is 0 Å². The van der Waals surface area contributed by atoms with Gasteiger partial charge in [0.1, 0.15) is 0 Å². The molecule has 23 heavy (non-hydrogen) atoms. The summed E-state index contributed by atoms with van der Waals surface area (Å²) in [7, 11) is 0. The van der Waals surface area contributed by atoms with Gasteiger partial charge in [-0.25, -0.2) is 0 Å². The predicted molar refractivity (Wildman–Crippen MR) is 102 cm³/mol. The standard InChI is InChI=1S/C19H23Cl2NS/c1-19(2)7-5-18-14(11-19)10-15(23-18)12-22-8-6-13-3-4-16(20)17(21)9-13/h3-4,9-10,22H,5-8,11-12H2,1-2H3. The van der Waals surface area contributed by atoms with Gasteiger partial charge in [-0.05, 0) is 67.0 Å². The summed E-state index contributed by atoms with van der Waals surface area (Å²) in [5.41, 5.74) is 3.26. The maximum Gasteiger partial charge on any atom is 0.0595 e. The van der Waals surface area contributed by atoms with Crippen LogP contribution in [-0.2, 0) is 25.8 Å². The summed E-state index contributed by atoms with van der Waals surface area (Å²) >= 11 is 14.0. The Morgan fingerprint density at radius 1 is 1.17 bits per heavy atom. The number of nitrogens with one attached hydrogen (secondary N) is 1. The SMILES string of the molecule is CC1(C)CCc2sc(CNCCc3ccc(Cl)c(Cl)c3)cc2C1. The van der Waals surface area contributed by atoms with E-state index >= 15 is 0 Å². The smallest absolute Gasteiger partial charge is 0.0595 e. The Morgan fingerprint density at radius 2 is 2.00 bits per heavy atom. The van der Waals surface area contributed by atoms with Crippen molar-refractivity contribution in [2.75, 3.05) is 6.54 Å². The van der Waals surface area contributed by atoms with Crippen molar-refractivity contribution < 1.29 is 0 Å². The van der Waals surface area contributed by atoms with Crippen molar-refractivity contribution in [3.05, 3.63) is 55.2 Å². The number of hydrogen-bond donors (Lipinski definition) is 1. The van der Waals surface area contributed by atoms with E-state index in [1.807, 2.05) is 29.5 Å². The number of benzene rings is 1. The summed E-state index contributed by atoms with van der Waals surface area (Å²) in [6.45, 7) is 6.66. The molecule has 1 N–H and O–H groups in total. The summed E-state index contributed by atoms with van der Waals surface area (Å²) in [4.78, 5) is 3.06. The van der Waals surface area contributed by atoms with Crippen LogP contribution < -0.4 is 5.32 Å². The topological polar surface area (TPSA) is 12.0 Å². The molecular formula is C19H23Cl2NS. The fourth-order valence-corrected chi connectivity index (χ4v) is 4.65. The van der Waals surface area contributed by atoms with E-state index in [0.717, 1.165) is 19.5 Å². The van der Waals surface area contributed by atoms with Gasteiger partial charge >= 0.3 is 0 Å². The second kappa shape index (κ2) is 7.14. The van der Waals surface area contributed by atoms with E-state index < -0.39 is 0 Å². The highest BCUT2D eigenvalue weighted by Gasteiger charge is 2.26. The Labute approximate surface area is 153 Å². The van der Waals surface area contributed by atoms with Crippen molar-refractivity contribution in [2.24, 2.45) is 5.41 Å². The maximum absolute atomic E-state index is 6.05. The Hall–Kier alpha value is -0.540. The van der Waals surface area contributed by atoms with E-state index in [0.29, 0.717) is 15.5 Å². The minimum Gasteiger partial charge on any atom is -0.312 e. The van der Waals surface area contributed by atoms with Crippen LogP contribution in [0.15, 0.2) is 24.3 Å². The van der Waals surface area contributed by atoms with Gasteiger partial charge in [0.05, 0.1) is 10.0 Å². The van der Waals surface area contributed by atoms with E-state index in [2.05, 4.69) is 25.2 Å². The second-order valence-electron chi connectivity index (χ2n) is 7.18. The lowest BCUT2D eigenvalue weighted by Crippen LogP contribution is -2.20. The number of hydrogen-bond acceptors (Lipinski definition) is 2. The summed E-state index contributed by atoms with van der Waals surface area (Å²) in [6.07, 6.45) is 4.75. The highest BCUT2D eigenvalue weighted by molar-refractivity contribution is 7.12. The first-order chi connectivity index (χ1) is 10.9. The Balaban J connectivity index is 1.50. The molecule has 1 nitrogen and oxygen atoms in total. The average molecular weight is 368 g/mol. The van der Waals surface area contributed by atoms with Crippen LogP contribution in [0.5, 0.6) is 0 Å². The van der Waals surface area contributed by atoms with E-state index in [-0.39, 0.29) is 0 Å². The lowest BCUT2D eigenvalue weighted by molar-refractivity contribution is 0.318. The first kappa shape index (κ1) is 17.3. The van der Waals surface area contributed by atoms with E-state index in [4.69, 9.17) is 23.2 Å². The minimum absolute atomic E-state index is 0.465. The zero-order chi connectivity index (χ0) is 16.4. The molecule has 1 aromatic carbocycles. The first-order valence-corrected chi connectivity index (χ1v) is 9.75. The molecule has 1 aromatic heterocycles. The van der Waals surface area contributed by atoms with Gasteiger partial charge in [-0.1, -0.05) is 43.1 Å². The normalized spacial score (nSPS) is 16.3. The lowest BCUT2D eigenvalue weighted by atomic mass is 9.77. The molecule has 0 aliphatic heterocycles. The van der Waals surface area contributed by atoms with Crippen molar-refractivity contribution in [3.63, 3.8) is 0 Å². The Bertz CT molecular complexity index is 691. The first-order valence-electron chi connectivity index (χ1n) is 8.18. The van der Waals surface area contributed by atoms with Crippen LogP contribution in [0.3, 0.4) is 0 Å². The Morgan fingerprint density at radius 3 is 2.78 bits per heavy atom. The van der Waals surface area contributed by atoms with E-state index in [1.54, 1.807) is 10.4 Å². The summed E-state index contributed by atoms with van der Waals surface area (Å²) in [5.74, 6) is 0. The quantitative estimate of drug-likeness (QED) is 0.648. The monoisotopic (exact) mass is 367 g/mol. The molecule has 0 saturated heterocycles. The van der Waals surface area contributed by atoms with Gasteiger partial charge in [0, 0.05) is 16.3 Å². The van der Waals surface area contributed by atoms with Gasteiger partial charge in [-0.3, -0.25) is 0 Å². The predicted octanol–water partition coefficient (Wildman–Crippen LogP) is 5.90. The van der Waals surface area contributed by atoms with Crippen LogP contribution in [0.2, 0.25) is 10.0 Å². The molecule has 1 aliphatic carbocycles. The van der Waals surface area contributed by atoms with Gasteiger partial charge in [0.25, 0.3) is 0 Å². The van der Waals surface area contributed by atoms with Crippen LogP contribution in [-0.4, -0.2) is 6.54 Å². The molecular weight excluding hydrogens is 345 g/mol. The van der Waals surface area contributed by atoms with Gasteiger partial charge in [-0.2, -0.15) is 0 Å². The molecule has 0 radical (unpaired) electrons. The molecule has 0 atom stereocenters. The molecule has 0 fully saturated rings. The highest BCUT2D eigenvalue weighted by atomic mass is 35.5. The highest BCUT2D eigenvalue weighted by Crippen LogP contribution is 2.38. The number of aryl methyl sites for hydroxylation is 1. The molecule has 0 amide bonds. The van der Waals surface area contributed by atoms with Crippen molar-refractivity contribution >= 4 is 34.5 Å². The Kier molecular flexibility index (Phi) is 5.37. The average Bonchev–Trinajstić information content (AvgIpc) is 2.88. The molecule has 1 aliphatic rings. The third kappa shape index (κ3) is 4.51. The molecule has 0 bridgehead atoms. The lowest BCUT2D eigenvalue weighted by Gasteiger charge is -2.29. The van der Waals surface area contributed by atoms with E-state index in [1.165, 1.54) is 29.7 Å². The summed E-state index contributed by atoms with van der Waals surface area (Å²) < 4.78 is 0. The number of fused-ring (bicyclic) bond motifs is 1. The van der Waals surface area contributed by atoms with Gasteiger partial charge in [0.2, 0.25) is 0 Å². The van der Waals surface area contributed by atoms with Crippen LogP contribution in [0.1, 0.15) is 41.1 Å². The molecule has 124 valence electrons. The van der Waals surface area contributed by atoms with Crippen LogP contribution in [0.4, 0.5) is 0 Å². The zero-order valence-electron chi connectivity index (χ0n) is 13.7. The minimum atomic E-state index is 0.465. The molecule has 1 heterocycles. The second-order valence-corrected chi connectivity index (χ2v) is 9.21. The molecule has 0 spiro atoms. The number of thiophene rings is 1. The summed E-state index contributed by atoms with van der Waals surface area (Å²) in [5, 5.41) is 4.81. The zero-order valence-corrected chi connectivity index (χ0v) is 16.0. The van der Waals surface area contributed by atoms with Crippen LogP contribution in [0.25, 0.3) is 0 Å². The fraction of sp³-hybridized carbons (Fsp3) is 0.474. The number of rotatable bonds is 5. The number of halogens is 2. The van der Waals surface area contributed by atoms with Crippen molar-refractivity contribution in [1.82, 2.24) is 5.32 Å².